The lowest BCUT2D eigenvalue weighted by atomic mass is 9.99. The highest BCUT2D eigenvalue weighted by Crippen LogP contribution is 2.24. The van der Waals surface area contributed by atoms with Gasteiger partial charge in [0.25, 0.3) is 5.69 Å². The number of rotatable bonds is 3. The second kappa shape index (κ2) is 5.28. The van der Waals surface area contributed by atoms with E-state index in [-0.39, 0.29) is 23.4 Å². The van der Waals surface area contributed by atoms with Gasteiger partial charge in [-0.2, -0.15) is 0 Å². The fourth-order valence-electron chi connectivity index (χ4n) is 1.99. The highest BCUT2D eigenvalue weighted by molar-refractivity contribution is 5.95. The topological polar surface area (TPSA) is 92.6 Å². The van der Waals surface area contributed by atoms with E-state index in [0.717, 1.165) is 5.56 Å². The number of nitro benzene ring substituents is 1. The van der Waals surface area contributed by atoms with Crippen LogP contribution in [0.1, 0.15) is 12.5 Å². The number of hydrogen-bond acceptors (Lipinski definition) is 4. The molecule has 1 aliphatic rings. The van der Waals surface area contributed by atoms with Crippen molar-refractivity contribution in [2.24, 2.45) is 5.92 Å². The summed E-state index contributed by atoms with van der Waals surface area (Å²) in [4.78, 5) is 34.8. The van der Waals surface area contributed by atoms with Crippen molar-refractivity contribution < 1.29 is 14.5 Å². The summed E-state index contributed by atoms with van der Waals surface area (Å²) < 4.78 is 0. The minimum Gasteiger partial charge on any atom is -0.341 e. The van der Waals surface area contributed by atoms with Crippen LogP contribution in [0.3, 0.4) is 0 Å². The first-order valence-corrected chi connectivity index (χ1v) is 6.20. The number of hydrogen-bond donors (Lipinski definition) is 1. The van der Waals surface area contributed by atoms with Crippen LogP contribution in [0, 0.1) is 23.0 Å². The Kier molecular flexibility index (Phi) is 3.69. The van der Waals surface area contributed by atoms with Crippen molar-refractivity contribution in [3.05, 3.63) is 33.9 Å². The first-order valence-electron chi connectivity index (χ1n) is 6.20. The van der Waals surface area contributed by atoms with E-state index in [9.17, 15) is 19.7 Å². The average Bonchev–Trinajstić information content (AvgIpc) is 2.29. The highest BCUT2D eigenvalue weighted by atomic mass is 16.6. The quantitative estimate of drug-likeness (QED) is 0.666. The van der Waals surface area contributed by atoms with Crippen molar-refractivity contribution in [2.75, 3.05) is 18.4 Å². The van der Waals surface area contributed by atoms with Gasteiger partial charge in [0.05, 0.1) is 16.5 Å². The van der Waals surface area contributed by atoms with Gasteiger partial charge in [-0.25, -0.2) is 0 Å². The first kappa shape index (κ1) is 14.0. The number of carbonyl (C=O) groups is 2. The van der Waals surface area contributed by atoms with Crippen LogP contribution in [0.2, 0.25) is 0 Å². The summed E-state index contributed by atoms with van der Waals surface area (Å²) in [6.07, 6.45) is 0. The number of nitrogens with zero attached hydrogens (tertiary/aromatic N) is 2. The van der Waals surface area contributed by atoms with Crippen LogP contribution in [0.25, 0.3) is 0 Å². The summed E-state index contributed by atoms with van der Waals surface area (Å²) in [7, 11) is 0. The molecule has 0 spiro atoms. The van der Waals surface area contributed by atoms with E-state index in [1.54, 1.807) is 17.9 Å². The largest absolute Gasteiger partial charge is 0.341 e. The normalized spacial score (nSPS) is 14.6. The Morgan fingerprint density at radius 3 is 2.60 bits per heavy atom. The molecule has 0 bridgehead atoms. The number of nitro groups is 1. The van der Waals surface area contributed by atoms with Gasteiger partial charge < -0.3 is 10.2 Å². The summed E-state index contributed by atoms with van der Waals surface area (Å²) >= 11 is 0. The first-order chi connectivity index (χ1) is 9.38. The van der Waals surface area contributed by atoms with E-state index < -0.39 is 4.92 Å². The molecular weight excluding hydrogens is 262 g/mol. The lowest BCUT2D eigenvalue weighted by Gasteiger charge is -2.37. The smallest absolute Gasteiger partial charge is 0.271 e. The standard InChI is InChI=1S/C13H15N3O4/c1-8-3-4-11(16(19)20)5-12(8)14-13(18)10-6-15(7-10)9(2)17/h3-5,10H,6-7H2,1-2H3,(H,14,18). The number of carbonyl (C=O) groups excluding carboxylic acids is 2. The van der Waals surface area contributed by atoms with Crippen molar-refractivity contribution in [1.29, 1.82) is 0 Å². The van der Waals surface area contributed by atoms with Crippen molar-refractivity contribution in [3.63, 3.8) is 0 Å². The second-order valence-corrected chi connectivity index (χ2v) is 4.87. The maximum atomic E-state index is 12.0. The molecular formula is C13H15N3O4. The van der Waals surface area contributed by atoms with Gasteiger partial charge in [-0.15, -0.1) is 0 Å². The zero-order valence-corrected chi connectivity index (χ0v) is 11.3. The van der Waals surface area contributed by atoms with Crippen LogP contribution in [0.15, 0.2) is 18.2 Å². The highest BCUT2D eigenvalue weighted by Gasteiger charge is 2.34. The molecule has 1 N–H and O–H groups in total. The molecule has 7 nitrogen and oxygen atoms in total. The molecule has 1 saturated heterocycles. The molecule has 2 rings (SSSR count). The Hall–Kier alpha value is -2.44. The molecule has 0 atom stereocenters. The SMILES string of the molecule is CC(=O)N1CC(C(=O)Nc2cc([N+](=O)[O-])ccc2C)C1. The molecule has 1 heterocycles. The van der Waals surface area contributed by atoms with Gasteiger partial charge in [0.2, 0.25) is 11.8 Å². The van der Waals surface area contributed by atoms with E-state index >= 15 is 0 Å². The predicted molar refractivity (Wildman–Crippen MR) is 72.2 cm³/mol. The number of amides is 2. The fraction of sp³-hybridized carbons (Fsp3) is 0.385. The van der Waals surface area contributed by atoms with Crippen molar-refractivity contribution in [3.8, 4) is 0 Å². The van der Waals surface area contributed by atoms with Gasteiger partial charge in [0.1, 0.15) is 0 Å². The Morgan fingerprint density at radius 2 is 2.05 bits per heavy atom. The van der Waals surface area contributed by atoms with Gasteiger partial charge in [-0.3, -0.25) is 19.7 Å². The van der Waals surface area contributed by atoms with Crippen LogP contribution < -0.4 is 5.32 Å². The zero-order chi connectivity index (χ0) is 14.9. The Morgan fingerprint density at radius 1 is 1.40 bits per heavy atom. The Bertz CT molecular complexity index is 579. The van der Waals surface area contributed by atoms with Crippen LogP contribution in [0.4, 0.5) is 11.4 Å². The monoisotopic (exact) mass is 277 g/mol. The minimum atomic E-state index is -0.504. The summed E-state index contributed by atoms with van der Waals surface area (Å²) in [5.41, 5.74) is 1.13. The van der Waals surface area contributed by atoms with Crippen molar-refractivity contribution in [1.82, 2.24) is 4.90 Å². The lowest BCUT2D eigenvalue weighted by Crippen LogP contribution is -2.53. The summed E-state index contributed by atoms with van der Waals surface area (Å²) in [6.45, 7) is 4.02. The fourth-order valence-corrected chi connectivity index (χ4v) is 1.99. The number of nitrogens with one attached hydrogen (secondary N) is 1. The number of aryl methyl sites for hydroxylation is 1. The lowest BCUT2D eigenvalue weighted by molar-refractivity contribution is -0.384. The number of anilines is 1. The molecule has 7 heteroatoms. The zero-order valence-electron chi connectivity index (χ0n) is 11.3. The number of likely N-dealkylation sites (tertiary alicyclic amines) is 1. The Labute approximate surface area is 115 Å². The maximum Gasteiger partial charge on any atom is 0.271 e. The third kappa shape index (κ3) is 2.76. The maximum absolute atomic E-state index is 12.0. The van der Waals surface area contributed by atoms with Crippen molar-refractivity contribution in [2.45, 2.75) is 13.8 Å². The summed E-state index contributed by atoms with van der Waals surface area (Å²) in [6, 6.07) is 4.33. The molecule has 1 aromatic carbocycles. The molecule has 0 saturated carbocycles. The molecule has 2 amide bonds. The van der Waals surface area contributed by atoms with E-state index in [1.165, 1.54) is 19.1 Å². The third-order valence-electron chi connectivity index (χ3n) is 3.39. The molecule has 1 aliphatic heterocycles. The van der Waals surface area contributed by atoms with Gasteiger partial charge in [-0.1, -0.05) is 6.07 Å². The van der Waals surface area contributed by atoms with Crippen LogP contribution in [-0.2, 0) is 9.59 Å². The van der Waals surface area contributed by atoms with Gasteiger partial charge >= 0.3 is 0 Å². The molecule has 1 aromatic rings. The molecule has 1 fully saturated rings. The minimum absolute atomic E-state index is 0.0550. The molecule has 0 radical (unpaired) electrons. The molecule has 0 aliphatic carbocycles. The molecule has 106 valence electrons. The molecule has 20 heavy (non-hydrogen) atoms. The van der Waals surface area contributed by atoms with Gasteiger partial charge in [0.15, 0.2) is 0 Å². The van der Waals surface area contributed by atoms with E-state index in [4.69, 9.17) is 0 Å². The summed E-state index contributed by atoms with van der Waals surface area (Å²) in [5.74, 6) is -0.524. The van der Waals surface area contributed by atoms with E-state index in [0.29, 0.717) is 18.8 Å². The predicted octanol–water partition coefficient (Wildman–Crippen LogP) is 1.32. The van der Waals surface area contributed by atoms with Crippen molar-refractivity contribution >= 4 is 23.2 Å². The van der Waals surface area contributed by atoms with E-state index in [1.807, 2.05) is 0 Å². The van der Waals surface area contributed by atoms with Gasteiger partial charge in [-0.05, 0) is 12.5 Å². The molecule has 0 unspecified atom stereocenters. The second-order valence-electron chi connectivity index (χ2n) is 4.87. The number of benzene rings is 1. The third-order valence-corrected chi connectivity index (χ3v) is 3.39. The average molecular weight is 277 g/mol. The van der Waals surface area contributed by atoms with Crippen LogP contribution >= 0.6 is 0 Å². The number of non-ortho nitro benzene ring substituents is 1. The molecule has 0 aromatic heterocycles. The van der Waals surface area contributed by atoms with Gasteiger partial charge in [0, 0.05) is 32.1 Å². The Balaban J connectivity index is 2.03. The van der Waals surface area contributed by atoms with E-state index in [2.05, 4.69) is 5.32 Å². The summed E-state index contributed by atoms with van der Waals surface area (Å²) in [5, 5.41) is 13.4. The van der Waals surface area contributed by atoms with Crippen LogP contribution in [-0.4, -0.2) is 34.7 Å². The van der Waals surface area contributed by atoms with Crippen LogP contribution in [0.5, 0.6) is 0 Å².